The van der Waals surface area contributed by atoms with Crippen LogP contribution in [0, 0.1) is 5.82 Å². The van der Waals surface area contributed by atoms with Crippen molar-refractivity contribution in [2.24, 2.45) is 0 Å². The molecule has 0 unspecified atom stereocenters. The minimum absolute atomic E-state index is 0.159. The van der Waals surface area contributed by atoms with Crippen LogP contribution in [-0.4, -0.2) is 76.3 Å². The number of amides is 1. The molecule has 40 heavy (non-hydrogen) atoms. The van der Waals surface area contributed by atoms with Gasteiger partial charge in [0.25, 0.3) is 0 Å². The second-order valence-corrected chi connectivity index (χ2v) is 11.6. The first-order chi connectivity index (χ1) is 19.6. The van der Waals surface area contributed by atoms with Crippen LogP contribution in [0.5, 0.6) is 5.75 Å². The Bertz CT molecular complexity index is 1420. The number of rotatable bonds is 8. The van der Waals surface area contributed by atoms with E-state index < -0.39 is 0 Å². The third-order valence-electron chi connectivity index (χ3n) is 7.70. The molecule has 1 N–H and O–H groups in total. The summed E-state index contributed by atoms with van der Waals surface area (Å²) in [5.41, 5.74) is 3.74. The molecule has 4 aromatic rings. The highest BCUT2D eigenvalue weighted by atomic mass is 32.2. The number of aromatic amines is 1. The predicted octanol–water partition coefficient (Wildman–Crippen LogP) is 5.18. The molecule has 1 aromatic heterocycles. The first-order valence-electron chi connectivity index (χ1n) is 13.9. The first kappa shape index (κ1) is 26.7. The van der Waals surface area contributed by atoms with Crippen LogP contribution < -0.4 is 9.64 Å². The van der Waals surface area contributed by atoms with Gasteiger partial charge in [0.2, 0.25) is 5.91 Å². The summed E-state index contributed by atoms with van der Waals surface area (Å²) < 4.78 is 20.0. The van der Waals surface area contributed by atoms with E-state index in [1.54, 1.807) is 17.8 Å². The molecule has 0 bridgehead atoms. The number of carbonyl (C=O) groups is 1. The van der Waals surface area contributed by atoms with E-state index in [0.29, 0.717) is 45.0 Å². The van der Waals surface area contributed by atoms with Gasteiger partial charge < -0.3 is 19.5 Å². The van der Waals surface area contributed by atoms with Crippen molar-refractivity contribution < 1.29 is 13.9 Å². The zero-order valence-electron chi connectivity index (χ0n) is 22.6. The van der Waals surface area contributed by atoms with E-state index in [1.165, 1.54) is 6.07 Å². The van der Waals surface area contributed by atoms with Crippen LogP contribution in [0.3, 0.4) is 0 Å². The summed E-state index contributed by atoms with van der Waals surface area (Å²) in [7, 11) is 0. The molecule has 0 spiro atoms. The van der Waals surface area contributed by atoms with Gasteiger partial charge in [-0.15, -0.1) is 0 Å². The summed E-state index contributed by atoms with van der Waals surface area (Å²) in [5.74, 6) is 0.795. The van der Waals surface area contributed by atoms with Gasteiger partial charge >= 0.3 is 0 Å². The largest absolute Gasteiger partial charge is 0.494 e. The summed E-state index contributed by atoms with van der Waals surface area (Å²) in [6, 6.07) is 22.8. The van der Waals surface area contributed by atoms with Crippen molar-refractivity contribution in [3.05, 3.63) is 84.2 Å². The van der Waals surface area contributed by atoms with Crippen molar-refractivity contribution >= 4 is 34.4 Å². The molecule has 0 saturated carbocycles. The lowest BCUT2D eigenvalue weighted by Crippen LogP contribution is -2.53. The summed E-state index contributed by atoms with van der Waals surface area (Å²) in [6.45, 7) is 6.50. The van der Waals surface area contributed by atoms with Gasteiger partial charge in [-0.1, -0.05) is 48.2 Å². The molecule has 9 heteroatoms. The lowest BCUT2D eigenvalue weighted by molar-refractivity contribution is -0.136. The lowest BCUT2D eigenvalue weighted by Gasteiger charge is -2.38. The van der Waals surface area contributed by atoms with Gasteiger partial charge in [0.05, 0.1) is 29.4 Å². The van der Waals surface area contributed by atoms with Gasteiger partial charge in [0.1, 0.15) is 11.6 Å². The van der Waals surface area contributed by atoms with Crippen LogP contribution in [0.2, 0.25) is 0 Å². The van der Waals surface area contributed by atoms with Crippen LogP contribution in [0.15, 0.2) is 78.0 Å². The van der Waals surface area contributed by atoms with Crippen LogP contribution in [0.4, 0.5) is 10.1 Å². The molecule has 1 amide bonds. The third-order valence-corrected chi connectivity index (χ3v) is 8.79. The number of anilines is 1. The highest BCUT2D eigenvalue weighted by molar-refractivity contribution is 7.99. The number of H-pyrrole nitrogens is 1. The molecule has 6 rings (SSSR count). The van der Waals surface area contributed by atoms with E-state index in [4.69, 9.17) is 9.72 Å². The molecule has 0 radical (unpaired) electrons. The Morgan fingerprint density at radius 3 is 2.52 bits per heavy atom. The van der Waals surface area contributed by atoms with Gasteiger partial charge in [0, 0.05) is 44.5 Å². The number of fused-ring (bicyclic) bond motifs is 1. The fourth-order valence-electron chi connectivity index (χ4n) is 5.70. The normalized spacial score (nSPS) is 19.9. The smallest absolute Gasteiger partial charge is 0.240 e. The molecule has 208 valence electrons. The zero-order chi connectivity index (χ0) is 27.5. The second-order valence-electron chi connectivity index (χ2n) is 10.3. The minimum Gasteiger partial charge on any atom is -0.494 e. The van der Waals surface area contributed by atoms with E-state index in [1.807, 2.05) is 65.3 Å². The van der Waals surface area contributed by atoms with E-state index in [-0.39, 0.29) is 23.0 Å². The van der Waals surface area contributed by atoms with Crippen molar-refractivity contribution in [3.8, 4) is 5.75 Å². The van der Waals surface area contributed by atoms with Gasteiger partial charge in [-0.25, -0.2) is 9.37 Å². The van der Waals surface area contributed by atoms with Crippen molar-refractivity contribution in [2.75, 3.05) is 44.2 Å². The Morgan fingerprint density at radius 1 is 1.02 bits per heavy atom. The zero-order valence-corrected chi connectivity index (χ0v) is 23.4. The van der Waals surface area contributed by atoms with Gasteiger partial charge in [0.15, 0.2) is 5.16 Å². The van der Waals surface area contributed by atoms with Crippen molar-refractivity contribution in [1.82, 2.24) is 19.8 Å². The Balaban J connectivity index is 1.16. The number of imidazole rings is 1. The predicted molar refractivity (Wildman–Crippen MR) is 157 cm³/mol. The second kappa shape index (κ2) is 11.9. The lowest BCUT2D eigenvalue weighted by atomic mass is 10.1. The van der Waals surface area contributed by atoms with E-state index in [0.717, 1.165) is 40.5 Å². The number of thioether (sulfide) groups is 1. The quantitative estimate of drug-likeness (QED) is 0.321. The standard InChI is InChI=1S/C31H34FN5O2S/c1-2-39-23-13-11-22(12-14-23)20-37-21-24(40-31-33-26-8-4-5-9-27(26)34-31)19-29(37)30(38)36-17-15-35(16-18-36)28-10-6-3-7-25(28)32/h3-14,24,29H,2,15-21H2,1H3,(H,33,34)/t24-,29+/m1/s1. The fraction of sp³-hybridized carbons (Fsp3) is 0.355. The van der Waals surface area contributed by atoms with Crippen LogP contribution in [0.25, 0.3) is 11.0 Å². The third kappa shape index (κ3) is 5.81. The van der Waals surface area contributed by atoms with Crippen molar-refractivity contribution in [1.29, 1.82) is 0 Å². The summed E-state index contributed by atoms with van der Waals surface area (Å²) in [5, 5.41) is 1.12. The molecule has 0 aliphatic carbocycles. The van der Waals surface area contributed by atoms with Crippen LogP contribution in [-0.2, 0) is 11.3 Å². The summed E-state index contributed by atoms with van der Waals surface area (Å²) in [6.07, 6.45) is 0.755. The van der Waals surface area contributed by atoms with E-state index in [9.17, 15) is 9.18 Å². The topological polar surface area (TPSA) is 64.7 Å². The molecule has 2 aliphatic rings. The molecule has 2 saturated heterocycles. The average molecular weight is 560 g/mol. The van der Waals surface area contributed by atoms with Gasteiger partial charge in [-0.3, -0.25) is 9.69 Å². The first-order valence-corrected chi connectivity index (χ1v) is 14.8. The molecular formula is C31H34FN5O2S. The number of likely N-dealkylation sites (tertiary alicyclic amines) is 1. The molecule has 2 aliphatic heterocycles. The molecule has 3 heterocycles. The van der Waals surface area contributed by atoms with Crippen molar-refractivity contribution in [3.63, 3.8) is 0 Å². The number of halogens is 1. The van der Waals surface area contributed by atoms with Crippen LogP contribution in [0.1, 0.15) is 18.9 Å². The Kier molecular flexibility index (Phi) is 7.93. The number of nitrogens with zero attached hydrogens (tertiary/aromatic N) is 4. The number of hydrogen-bond acceptors (Lipinski definition) is 6. The fourth-order valence-corrected chi connectivity index (χ4v) is 6.88. The number of aromatic nitrogens is 2. The van der Waals surface area contributed by atoms with Crippen LogP contribution >= 0.6 is 11.8 Å². The Hall–Kier alpha value is -3.56. The number of para-hydroxylation sites is 3. The highest BCUT2D eigenvalue weighted by Crippen LogP contribution is 2.34. The highest BCUT2D eigenvalue weighted by Gasteiger charge is 2.40. The minimum atomic E-state index is -0.218. The molecular weight excluding hydrogens is 525 g/mol. The number of hydrogen-bond donors (Lipinski definition) is 1. The summed E-state index contributed by atoms with van der Waals surface area (Å²) >= 11 is 1.72. The number of carbonyl (C=O) groups excluding carboxylic acids is 1. The average Bonchev–Trinajstić information content (AvgIpc) is 3.57. The molecule has 3 aromatic carbocycles. The number of piperazine rings is 1. The van der Waals surface area contributed by atoms with E-state index >= 15 is 0 Å². The van der Waals surface area contributed by atoms with E-state index in [2.05, 4.69) is 22.0 Å². The monoisotopic (exact) mass is 559 g/mol. The maximum atomic E-state index is 14.3. The Labute approximate surface area is 238 Å². The number of ether oxygens (including phenoxy) is 1. The van der Waals surface area contributed by atoms with Gasteiger partial charge in [-0.2, -0.15) is 0 Å². The Morgan fingerprint density at radius 2 is 1.77 bits per heavy atom. The number of nitrogens with one attached hydrogen (secondary N) is 1. The number of benzene rings is 3. The molecule has 2 atom stereocenters. The van der Waals surface area contributed by atoms with Crippen molar-refractivity contribution in [2.45, 2.75) is 36.3 Å². The maximum absolute atomic E-state index is 14.3. The molecule has 7 nitrogen and oxygen atoms in total. The summed E-state index contributed by atoms with van der Waals surface area (Å²) in [4.78, 5) is 28.4. The van der Waals surface area contributed by atoms with Gasteiger partial charge in [-0.05, 0) is 55.3 Å². The maximum Gasteiger partial charge on any atom is 0.240 e. The SMILES string of the molecule is CCOc1ccc(CN2C[C@H](Sc3nc4ccccc4[nH]3)C[C@H]2C(=O)N2CCN(c3ccccc3F)CC2)cc1. The molecule has 2 fully saturated rings.